The van der Waals surface area contributed by atoms with Crippen molar-refractivity contribution in [1.82, 2.24) is 10.2 Å². The van der Waals surface area contributed by atoms with Gasteiger partial charge < -0.3 is 10.2 Å². The maximum atomic E-state index is 12.0. The Labute approximate surface area is 118 Å². The van der Waals surface area contributed by atoms with Crippen molar-refractivity contribution in [2.45, 2.75) is 36.1 Å². The van der Waals surface area contributed by atoms with Gasteiger partial charge in [-0.15, -0.1) is 24.0 Å². The van der Waals surface area contributed by atoms with Gasteiger partial charge in [0.05, 0.1) is 4.88 Å². The van der Waals surface area contributed by atoms with Gasteiger partial charge >= 0.3 is 0 Å². The molecule has 1 heterocycles. The summed E-state index contributed by atoms with van der Waals surface area (Å²) in [6.45, 7) is 0.735. The third-order valence-electron chi connectivity index (χ3n) is 3.87. The van der Waals surface area contributed by atoms with E-state index in [2.05, 4.69) is 36.9 Å². The Hall–Kier alpha value is -0.520. The van der Waals surface area contributed by atoms with Crippen LogP contribution in [-0.2, 0) is 0 Å². The molecule has 1 aromatic rings. The summed E-state index contributed by atoms with van der Waals surface area (Å²) >= 11 is 5.67. The van der Waals surface area contributed by atoms with Crippen LogP contribution in [0, 0.1) is 0 Å². The van der Waals surface area contributed by atoms with Gasteiger partial charge in [0.15, 0.2) is 0 Å². The van der Waals surface area contributed by atoms with Crippen LogP contribution in [0.5, 0.6) is 0 Å². The topological polar surface area (TPSA) is 32.3 Å². The molecule has 18 heavy (non-hydrogen) atoms. The highest BCUT2D eigenvalue weighted by Crippen LogP contribution is 2.33. The van der Waals surface area contributed by atoms with Gasteiger partial charge in [0.2, 0.25) is 0 Å². The number of hydrogen-bond acceptors (Lipinski definition) is 4. The Morgan fingerprint density at radius 2 is 2.17 bits per heavy atom. The molecule has 5 heteroatoms. The van der Waals surface area contributed by atoms with Gasteiger partial charge in [-0.05, 0) is 33.0 Å². The summed E-state index contributed by atoms with van der Waals surface area (Å²) < 4.78 is 0. The number of amides is 1. The first kappa shape index (κ1) is 13.9. The predicted molar refractivity (Wildman–Crippen MR) is 78.8 cm³/mol. The average molecular weight is 284 g/mol. The second kappa shape index (κ2) is 5.63. The normalized spacial score (nSPS) is 18.2. The molecule has 100 valence electrons. The van der Waals surface area contributed by atoms with Crippen molar-refractivity contribution in [2.24, 2.45) is 0 Å². The second-order valence-electron chi connectivity index (χ2n) is 5.18. The molecule has 2 rings (SSSR count). The third-order valence-corrected chi connectivity index (χ3v) is 5.23. The fourth-order valence-corrected chi connectivity index (χ4v) is 3.66. The highest BCUT2D eigenvalue weighted by molar-refractivity contribution is 7.80. The first-order valence-electron chi connectivity index (χ1n) is 6.27. The number of nitrogens with zero attached hydrogens (tertiary/aromatic N) is 1. The number of carbonyl (C=O) groups is 1. The van der Waals surface area contributed by atoms with Crippen LogP contribution in [0.2, 0.25) is 0 Å². The number of likely N-dealkylation sites (N-methyl/N-ethyl adjacent to an activating group) is 1. The molecule has 1 N–H and O–H groups in total. The largest absolute Gasteiger partial charge is 0.349 e. The van der Waals surface area contributed by atoms with Crippen LogP contribution < -0.4 is 5.32 Å². The van der Waals surface area contributed by atoms with Crippen molar-refractivity contribution >= 4 is 29.9 Å². The van der Waals surface area contributed by atoms with Gasteiger partial charge in [0.25, 0.3) is 5.91 Å². The zero-order valence-corrected chi connectivity index (χ0v) is 12.6. The van der Waals surface area contributed by atoms with Crippen LogP contribution in [-0.4, -0.2) is 37.0 Å². The van der Waals surface area contributed by atoms with E-state index in [9.17, 15) is 4.79 Å². The van der Waals surface area contributed by atoms with E-state index < -0.39 is 0 Å². The van der Waals surface area contributed by atoms with Gasteiger partial charge in [0, 0.05) is 22.4 Å². The number of rotatable bonds is 4. The lowest BCUT2D eigenvalue weighted by Gasteiger charge is -2.36. The lowest BCUT2D eigenvalue weighted by molar-refractivity contribution is 0.0904. The average Bonchev–Trinajstić information content (AvgIpc) is 2.95. The second-order valence-corrected chi connectivity index (χ2v) is 6.61. The molecule has 0 saturated heterocycles. The van der Waals surface area contributed by atoms with Gasteiger partial charge in [0.1, 0.15) is 0 Å². The molecule has 0 bridgehead atoms. The number of hydrogen-bond donors (Lipinski definition) is 2. The quantitative estimate of drug-likeness (QED) is 0.833. The number of thiol groups is 1. The minimum absolute atomic E-state index is 0.0217. The maximum Gasteiger partial charge on any atom is 0.261 e. The van der Waals surface area contributed by atoms with Crippen molar-refractivity contribution in [2.75, 3.05) is 20.6 Å². The Balaban J connectivity index is 1.96. The smallest absolute Gasteiger partial charge is 0.261 e. The van der Waals surface area contributed by atoms with Crippen molar-refractivity contribution < 1.29 is 4.79 Å². The molecule has 1 amide bonds. The molecular formula is C13H20N2OS2. The van der Waals surface area contributed by atoms with E-state index in [0.29, 0.717) is 0 Å². The number of carbonyl (C=O) groups excluding carboxylic acids is 1. The van der Waals surface area contributed by atoms with Crippen LogP contribution in [0.3, 0.4) is 0 Å². The SMILES string of the molecule is CN(C)C1(CNC(=O)c2cc(S)cs2)CCCC1. The summed E-state index contributed by atoms with van der Waals surface area (Å²) in [5.74, 6) is 0.0217. The first-order valence-corrected chi connectivity index (χ1v) is 7.59. The summed E-state index contributed by atoms with van der Waals surface area (Å²) in [5.41, 5.74) is 0.150. The summed E-state index contributed by atoms with van der Waals surface area (Å²) in [6, 6.07) is 1.82. The van der Waals surface area contributed by atoms with Crippen LogP contribution in [0.4, 0.5) is 0 Å². The molecule has 1 aromatic heterocycles. The monoisotopic (exact) mass is 284 g/mol. The lowest BCUT2D eigenvalue weighted by atomic mass is 9.96. The van der Waals surface area contributed by atoms with Gasteiger partial charge in [-0.25, -0.2) is 0 Å². The molecule has 0 atom stereocenters. The maximum absolute atomic E-state index is 12.0. The highest BCUT2D eigenvalue weighted by atomic mass is 32.1. The molecule has 0 aromatic carbocycles. The summed E-state index contributed by atoms with van der Waals surface area (Å²) in [5, 5.41) is 4.96. The first-order chi connectivity index (χ1) is 8.53. The minimum Gasteiger partial charge on any atom is -0.349 e. The Morgan fingerprint density at radius 3 is 2.67 bits per heavy atom. The number of nitrogens with one attached hydrogen (secondary N) is 1. The van der Waals surface area contributed by atoms with E-state index in [1.807, 2.05) is 11.4 Å². The molecule has 1 aliphatic carbocycles. The van der Waals surface area contributed by atoms with Crippen LogP contribution in [0.15, 0.2) is 16.3 Å². The Bertz CT molecular complexity index is 422. The molecule has 3 nitrogen and oxygen atoms in total. The van der Waals surface area contributed by atoms with E-state index in [4.69, 9.17) is 0 Å². The fourth-order valence-electron chi connectivity index (χ4n) is 2.59. The van der Waals surface area contributed by atoms with E-state index in [-0.39, 0.29) is 11.4 Å². The summed E-state index contributed by atoms with van der Waals surface area (Å²) in [7, 11) is 4.21. The van der Waals surface area contributed by atoms with E-state index in [0.717, 1.165) is 16.3 Å². The zero-order chi connectivity index (χ0) is 13.2. The highest BCUT2D eigenvalue weighted by Gasteiger charge is 2.36. The van der Waals surface area contributed by atoms with E-state index >= 15 is 0 Å². The summed E-state index contributed by atoms with van der Waals surface area (Å²) in [4.78, 5) is 15.9. The minimum atomic E-state index is 0.0217. The molecule has 0 aliphatic heterocycles. The van der Waals surface area contributed by atoms with Crippen molar-refractivity contribution in [1.29, 1.82) is 0 Å². The fraction of sp³-hybridized carbons (Fsp3) is 0.615. The van der Waals surface area contributed by atoms with E-state index in [1.165, 1.54) is 37.0 Å². The Kier molecular flexibility index (Phi) is 4.35. The van der Waals surface area contributed by atoms with Crippen molar-refractivity contribution in [3.05, 3.63) is 16.3 Å². The molecular weight excluding hydrogens is 264 g/mol. The Morgan fingerprint density at radius 1 is 1.50 bits per heavy atom. The predicted octanol–water partition coefficient (Wildman–Crippen LogP) is 2.64. The molecule has 1 saturated carbocycles. The third kappa shape index (κ3) is 2.90. The van der Waals surface area contributed by atoms with Gasteiger partial charge in [-0.3, -0.25) is 4.79 Å². The molecule has 1 aliphatic rings. The standard InChI is InChI=1S/C13H20N2OS2/c1-15(2)13(5-3-4-6-13)9-14-12(16)11-7-10(17)8-18-11/h7-8,17H,3-6,9H2,1-2H3,(H,14,16). The molecule has 0 spiro atoms. The van der Waals surface area contributed by atoms with Gasteiger partial charge in [-0.2, -0.15) is 0 Å². The van der Waals surface area contributed by atoms with E-state index in [1.54, 1.807) is 0 Å². The zero-order valence-electron chi connectivity index (χ0n) is 10.9. The molecule has 0 unspecified atom stereocenters. The van der Waals surface area contributed by atoms with Crippen LogP contribution in [0.25, 0.3) is 0 Å². The molecule has 0 radical (unpaired) electrons. The molecule has 1 fully saturated rings. The summed E-state index contributed by atoms with van der Waals surface area (Å²) in [6.07, 6.45) is 4.85. The van der Waals surface area contributed by atoms with Gasteiger partial charge in [-0.1, -0.05) is 12.8 Å². The van der Waals surface area contributed by atoms with Crippen LogP contribution in [0.1, 0.15) is 35.4 Å². The van der Waals surface area contributed by atoms with Crippen LogP contribution >= 0.6 is 24.0 Å². The lowest BCUT2D eigenvalue weighted by Crippen LogP contribution is -2.50. The van der Waals surface area contributed by atoms with Crippen molar-refractivity contribution in [3.63, 3.8) is 0 Å². The van der Waals surface area contributed by atoms with Crippen molar-refractivity contribution in [3.8, 4) is 0 Å². The number of thiophene rings is 1.